The number of nitrogens with zero attached hydrogens (tertiary/aromatic N) is 1. The maximum atomic E-state index is 12.7. The van der Waals surface area contributed by atoms with Crippen LogP contribution in [0.15, 0.2) is 53.4 Å². The predicted octanol–water partition coefficient (Wildman–Crippen LogP) is 2.90. The maximum absolute atomic E-state index is 12.7. The Morgan fingerprint density at radius 3 is 2.48 bits per heavy atom. The van der Waals surface area contributed by atoms with Crippen molar-refractivity contribution in [3.63, 3.8) is 0 Å². The molecule has 1 heterocycles. The number of carbonyl (C=O) groups excluding carboxylic acids is 1. The van der Waals surface area contributed by atoms with Crippen molar-refractivity contribution in [1.29, 1.82) is 0 Å². The SMILES string of the molecule is Cc1ccc(C)c(OCCNC(=O)C2CCN(S(=O)(=O)c3ccccc3)CC2)c1. The van der Waals surface area contributed by atoms with Gasteiger partial charge in [0.15, 0.2) is 0 Å². The molecule has 0 aliphatic carbocycles. The largest absolute Gasteiger partial charge is 0.491 e. The summed E-state index contributed by atoms with van der Waals surface area (Å²) in [4.78, 5) is 12.7. The van der Waals surface area contributed by atoms with Gasteiger partial charge in [-0.25, -0.2) is 8.42 Å². The molecule has 1 aliphatic rings. The first-order chi connectivity index (χ1) is 13.9. The summed E-state index contributed by atoms with van der Waals surface area (Å²) < 4.78 is 32.6. The van der Waals surface area contributed by atoms with Crippen LogP contribution >= 0.6 is 0 Å². The van der Waals surface area contributed by atoms with Crippen LogP contribution in [0, 0.1) is 19.8 Å². The summed E-state index contributed by atoms with van der Waals surface area (Å²) in [6, 6.07) is 14.5. The minimum atomic E-state index is -3.49. The first kappa shape index (κ1) is 21.3. The quantitative estimate of drug-likeness (QED) is 0.704. The van der Waals surface area contributed by atoms with Crippen molar-refractivity contribution in [2.24, 2.45) is 5.92 Å². The van der Waals surface area contributed by atoms with Gasteiger partial charge >= 0.3 is 0 Å². The number of aryl methyl sites for hydroxylation is 2. The van der Waals surface area contributed by atoms with Crippen LogP contribution in [0.4, 0.5) is 0 Å². The van der Waals surface area contributed by atoms with Crippen LogP contribution in [0.2, 0.25) is 0 Å². The molecule has 6 nitrogen and oxygen atoms in total. The molecule has 0 unspecified atom stereocenters. The lowest BCUT2D eigenvalue weighted by molar-refractivity contribution is -0.126. The van der Waals surface area contributed by atoms with E-state index in [0.29, 0.717) is 44.0 Å². The number of carbonyl (C=O) groups is 1. The van der Waals surface area contributed by atoms with E-state index in [-0.39, 0.29) is 11.8 Å². The van der Waals surface area contributed by atoms with E-state index in [1.54, 1.807) is 30.3 Å². The molecule has 7 heteroatoms. The average Bonchev–Trinajstić information content (AvgIpc) is 2.74. The monoisotopic (exact) mass is 416 g/mol. The fourth-order valence-corrected chi connectivity index (χ4v) is 4.93. The van der Waals surface area contributed by atoms with Gasteiger partial charge in [-0.15, -0.1) is 0 Å². The topological polar surface area (TPSA) is 75.7 Å². The highest BCUT2D eigenvalue weighted by atomic mass is 32.2. The molecule has 0 atom stereocenters. The van der Waals surface area contributed by atoms with E-state index in [0.717, 1.165) is 16.9 Å². The number of ether oxygens (including phenoxy) is 1. The Morgan fingerprint density at radius 1 is 1.10 bits per heavy atom. The molecular formula is C22H28N2O4S. The zero-order chi connectivity index (χ0) is 20.9. The van der Waals surface area contributed by atoms with Crippen molar-refractivity contribution in [1.82, 2.24) is 9.62 Å². The zero-order valence-corrected chi connectivity index (χ0v) is 17.7. The van der Waals surface area contributed by atoms with Gasteiger partial charge in [-0.1, -0.05) is 30.3 Å². The number of rotatable bonds is 7. The third-order valence-corrected chi connectivity index (χ3v) is 7.12. The Balaban J connectivity index is 1.44. The number of amides is 1. The van der Waals surface area contributed by atoms with Gasteiger partial charge in [-0.3, -0.25) is 4.79 Å². The predicted molar refractivity (Wildman–Crippen MR) is 112 cm³/mol. The summed E-state index contributed by atoms with van der Waals surface area (Å²) in [5, 5.41) is 2.91. The third kappa shape index (κ3) is 5.36. The summed E-state index contributed by atoms with van der Waals surface area (Å²) in [6.07, 6.45) is 1.05. The Kier molecular flexibility index (Phi) is 6.92. The Labute approximate surface area is 172 Å². The lowest BCUT2D eigenvalue weighted by atomic mass is 9.97. The standard InChI is InChI=1S/C22H28N2O4S/c1-17-8-9-18(2)21(16-17)28-15-12-23-22(25)19-10-13-24(14-11-19)29(26,27)20-6-4-3-5-7-20/h3-9,16,19H,10-15H2,1-2H3,(H,23,25). The van der Waals surface area contributed by atoms with E-state index < -0.39 is 10.0 Å². The number of hydrogen-bond donors (Lipinski definition) is 1. The molecule has 0 aromatic heterocycles. The normalized spacial score (nSPS) is 15.8. The molecule has 1 N–H and O–H groups in total. The lowest BCUT2D eigenvalue weighted by Crippen LogP contribution is -2.43. The van der Waals surface area contributed by atoms with Gasteiger partial charge in [0.25, 0.3) is 0 Å². The smallest absolute Gasteiger partial charge is 0.243 e. The van der Waals surface area contributed by atoms with Crippen LogP contribution < -0.4 is 10.1 Å². The summed E-state index contributed by atoms with van der Waals surface area (Å²) in [5.74, 6) is 0.628. The molecule has 0 bridgehead atoms. The Bertz CT molecular complexity index is 937. The number of sulfonamides is 1. The number of nitrogens with one attached hydrogen (secondary N) is 1. The molecule has 2 aromatic rings. The highest BCUT2D eigenvalue weighted by molar-refractivity contribution is 7.89. The van der Waals surface area contributed by atoms with Crippen LogP contribution in [-0.4, -0.2) is 44.9 Å². The highest BCUT2D eigenvalue weighted by Crippen LogP contribution is 2.24. The van der Waals surface area contributed by atoms with Gasteiger partial charge in [0.2, 0.25) is 15.9 Å². The van der Waals surface area contributed by atoms with Crippen molar-refractivity contribution in [2.75, 3.05) is 26.2 Å². The van der Waals surface area contributed by atoms with Gasteiger partial charge in [0, 0.05) is 19.0 Å². The van der Waals surface area contributed by atoms with E-state index in [1.165, 1.54) is 4.31 Å². The minimum absolute atomic E-state index is 0.0358. The van der Waals surface area contributed by atoms with Gasteiger partial charge in [-0.2, -0.15) is 4.31 Å². The molecule has 0 radical (unpaired) electrons. The summed E-state index contributed by atoms with van der Waals surface area (Å²) >= 11 is 0. The van der Waals surface area contributed by atoms with Gasteiger partial charge < -0.3 is 10.1 Å². The van der Waals surface area contributed by atoms with E-state index in [4.69, 9.17) is 4.74 Å². The van der Waals surface area contributed by atoms with Crippen LogP contribution in [0.25, 0.3) is 0 Å². The molecule has 1 fully saturated rings. The van der Waals surface area contributed by atoms with Crippen LogP contribution in [-0.2, 0) is 14.8 Å². The second-order valence-electron chi connectivity index (χ2n) is 7.40. The van der Waals surface area contributed by atoms with Gasteiger partial charge in [0.05, 0.1) is 11.4 Å². The third-order valence-electron chi connectivity index (χ3n) is 5.21. The lowest BCUT2D eigenvalue weighted by Gasteiger charge is -2.30. The minimum Gasteiger partial charge on any atom is -0.491 e. The molecule has 156 valence electrons. The van der Waals surface area contributed by atoms with Crippen molar-refractivity contribution < 1.29 is 17.9 Å². The second kappa shape index (κ2) is 9.41. The fraction of sp³-hybridized carbons (Fsp3) is 0.409. The van der Waals surface area contributed by atoms with E-state index >= 15 is 0 Å². The number of benzene rings is 2. The molecule has 29 heavy (non-hydrogen) atoms. The maximum Gasteiger partial charge on any atom is 0.243 e. The average molecular weight is 417 g/mol. The fourth-order valence-electron chi connectivity index (χ4n) is 3.44. The highest BCUT2D eigenvalue weighted by Gasteiger charge is 2.31. The van der Waals surface area contributed by atoms with E-state index in [2.05, 4.69) is 5.32 Å². The molecule has 1 amide bonds. The zero-order valence-electron chi connectivity index (χ0n) is 16.9. The molecule has 0 spiro atoms. The first-order valence-corrected chi connectivity index (χ1v) is 11.3. The summed E-state index contributed by atoms with van der Waals surface area (Å²) in [7, 11) is -3.49. The molecule has 2 aromatic carbocycles. The van der Waals surface area contributed by atoms with Gasteiger partial charge in [0.1, 0.15) is 12.4 Å². The molecule has 1 saturated heterocycles. The Morgan fingerprint density at radius 2 is 1.79 bits per heavy atom. The van der Waals surface area contributed by atoms with Crippen molar-refractivity contribution in [3.05, 3.63) is 59.7 Å². The van der Waals surface area contributed by atoms with E-state index in [1.807, 2.05) is 32.0 Å². The van der Waals surface area contributed by atoms with Crippen molar-refractivity contribution >= 4 is 15.9 Å². The molecular weight excluding hydrogens is 388 g/mol. The summed E-state index contributed by atoms with van der Waals surface area (Å²) in [5.41, 5.74) is 2.20. The number of piperidine rings is 1. The van der Waals surface area contributed by atoms with Gasteiger partial charge in [-0.05, 0) is 56.0 Å². The Hall–Kier alpha value is -2.38. The van der Waals surface area contributed by atoms with Crippen LogP contribution in [0.3, 0.4) is 0 Å². The molecule has 1 aliphatic heterocycles. The van der Waals surface area contributed by atoms with Crippen LogP contribution in [0.1, 0.15) is 24.0 Å². The summed E-state index contributed by atoms with van der Waals surface area (Å²) in [6.45, 7) is 5.54. The van der Waals surface area contributed by atoms with E-state index in [9.17, 15) is 13.2 Å². The van der Waals surface area contributed by atoms with Crippen molar-refractivity contribution in [3.8, 4) is 5.75 Å². The molecule has 0 saturated carbocycles. The van der Waals surface area contributed by atoms with Crippen LogP contribution in [0.5, 0.6) is 5.75 Å². The van der Waals surface area contributed by atoms with Crippen molar-refractivity contribution in [2.45, 2.75) is 31.6 Å². The molecule has 3 rings (SSSR count). The second-order valence-corrected chi connectivity index (χ2v) is 9.34. The number of hydrogen-bond acceptors (Lipinski definition) is 4. The first-order valence-electron chi connectivity index (χ1n) is 9.91.